The van der Waals surface area contributed by atoms with Gasteiger partial charge in [-0.05, 0) is 19.1 Å². The Morgan fingerprint density at radius 2 is 2.00 bits per heavy atom. The van der Waals surface area contributed by atoms with Crippen molar-refractivity contribution in [1.82, 2.24) is 4.98 Å². The van der Waals surface area contributed by atoms with Crippen molar-refractivity contribution in [3.63, 3.8) is 0 Å². The SMILES string of the molecule is Cc1ccc(OCC(=O)c2nc(C(=O)O)cs2)cc1. The van der Waals surface area contributed by atoms with E-state index < -0.39 is 5.97 Å². The predicted molar refractivity (Wildman–Crippen MR) is 70.1 cm³/mol. The van der Waals surface area contributed by atoms with Crippen LogP contribution < -0.4 is 4.74 Å². The molecule has 0 saturated carbocycles. The molecule has 0 radical (unpaired) electrons. The quantitative estimate of drug-likeness (QED) is 0.849. The van der Waals surface area contributed by atoms with E-state index in [-0.39, 0.29) is 23.1 Å². The zero-order valence-corrected chi connectivity index (χ0v) is 10.9. The van der Waals surface area contributed by atoms with E-state index in [1.54, 1.807) is 12.1 Å². The van der Waals surface area contributed by atoms with E-state index in [4.69, 9.17) is 9.84 Å². The highest BCUT2D eigenvalue weighted by Gasteiger charge is 2.15. The lowest BCUT2D eigenvalue weighted by Gasteiger charge is -2.04. The first kappa shape index (κ1) is 13.2. The van der Waals surface area contributed by atoms with Crippen LogP contribution in [0.2, 0.25) is 0 Å². The number of carbonyl (C=O) groups excluding carboxylic acids is 1. The third-order valence-electron chi connectivity index (χ3n) is 2.35. The topological polar surface area (TPSA) is 76.5 Å². The van der Waals surface area contributed by atoms with Crippen molar-refractivity contribution < 1.29 is 19.4 Å². The van der Waals surface area contributed by atoms with Crippen LogP contribution in [0, 0.1) is 6.92 Å². The summed E-state index contributed by atoms with van der Waals surface area (Å²) >= 11 is 1.00. The Morgan fingerprint density at radius 3 is 2.58 bits per heavy atom. The molecule has 0 unspecified atom stereocenters. The summed E-state index contributed by atoms with van der Waals surface area (Å²) in [5.74, 6) is -0.887. The maximum absolute atomic E-state index is 11.8. The normalized spacial score (nSPS) is 10.2. The molecule has 5 nitrogen and oxygen atoms in total. The van der Waals surface area contributed by atoms with Crippen LogP contribution in [0.3, 0.4) is 0 Å². The van der Waals surface area contributed by atoms with Gasteiger partial charge in [0.05, 0.1) is 0 Å². The first-order chi connectivity index (χ1) is 9.06. The van der Waals surface area contributed by atoms with E-state index in [2.05, 4.69) is 4.98 Å². The fourth-order valence-corrected chi connectivity index (χ4v) is 2.06. The molecule has 0 aliphatic heterocycles. The predicted octanol–water partition coefficient (Wildman–Crippen LogP) is 2.41. The average molecular weight is 277 g/mol. The van der Waals surface area contributed by atoms with Gasteiger partial charge in [-0.25, -0.2) is 9.78 Å². The molecule has 0 aliphatic rings. The molecule has 0 atom stereocenters. The Labute approximate surface area is 113 Å². The Hall–Kier alpha value is -2.21. The molecule has 0 bridgehead atoms. The van der Waals surface area contributed by atoms with Crippen molar-refractivity contribution in [2.45, 2.75) is 6.92 Å². The van der Waals surface area contributed by atoms with E-state index in [1.807, 2.05) is 19.1 Å². The average Bonchev–Trinajstić information content (AvgIpc) is 2.87. The fourth-order valence-electron chi connectivity index (χ4n) is 1.35. The summed E-state index contributed by atoms with van der Waals surface area (Å²) in [5.41, 5.74) is 0.980. The minimum atomic E-state index is -1.14. The first-order valence-corrected chi connectivity index (χ1v) is 6.35. The minimum absolute atomic E-state index is 0.122. The molecule has 0 saturated heterocycles. The Kier molecular flexibility index (Phi) is 3.91. The summed E-state index contributed by atoms with van der Waals surface area (Å²) < 4.78 is 5.32. The monoisotopic (exact) mass is 277 g/mol. The van der Waals surface area contributed by atoms with Gasteiger partial charge in [0.25, 0.3) is 0 Å². The number of aromatic nitrogens is 1. The highest BCUT2D eigenvalue weighted by Crippen LogP contribution is 2.14. The van der Waals surface area contributed by atoms with E-state index >= 15 is 0 Å². The lowest BCUT2D eigenvalue weighted by atomic mass is 10.2. The summed E-state index contributed by atoms with van der Waals surface area (Å²) in [4.78, 5) is 26.1. The van der Waals surface area contributed by atoms with E-state index in [9.17, 15) is 9.59 Å². The van der Waals surface area contributed by atoms with Crippen LogP contribution in [0.1, 0.15) is 25.9 Å². The molecule has 0 fully saturated rings. The molecule has 0 amide bonds. The number of benzene rings is 1. The van der Waals surface area contributed by atoms with Gasteiger partial charge >= 0.3 is 5.97 Å². The van der Waals surface area contributed by atoms with Gasteiger partial charge in [-0.3, -0.25) is 4.79 Å². The summed E-state index contributed by atoms with van der Waals surface area (Å²) in [5, 5.41) is 10.2. The molecule has 98 valence electrons. The van der Waals surface area contributed by atoms with Gasteiger partial charge in [0.1, 0.15) is 5.75 Å². The lowest BCUT2D eigenvalue weighted by Crippen LogP contribution is -2.11. The number of aromatic carboxylic acids is 1. The molecule has 19 heavy (non-hydrogen) atoms. The summed E-state index contributed by atoms with van der Waals surface area (Å²) in [6, 6.07) is 7.30. The summed E-state index contributed by atoms with van der Waals surface area (Å²) in [7, 11) is 0. The molecular formula is C13H11NO4S. The number of thiazole rings is 1. The molecule has 1 aromatic heterocycles. The number of carbonyl (C=O) groups is 2. The van der Waals surface area contributed by atoms with Crippen molar-refractivity contribution in [2.75, 3.05) is 6.61 Å². The third kappa shape index (κ3) is 3.38. The van der Waals surface area contributed by atoms with Crippen molar-refractivity contribution in [1.29, 1.82) is 0 Å². The van der Waals surface area contributed by atoms with E-state index in [1.165, 1.54) is 5.38 Å². The lowest BCUT2D eigenvalue weighted by molar-refractivity contribution is 0.0691. The third-order valence-corrected chi connectivity index (χ3v) is 3.24. The molecule has 1 N–H and O–H groups in total. The second kappa shape index (κ2) is 5.62. The number of hydrogen-bond acceptors (Lipinski definition) is 5. The van der Waals surface area contributed by atoms with Crippen molar-refractivity contribution >= 4 is 23.1 Å². The van der Waals surface area contributed by atoms with Gasteiger partial charge in [-0.1, -0.05) is 17.7 Å². The van der Waals surface area contributed by atoms with Crippen molar-refractivity contribution in [3.05, 3.63) is 45.9 Å². The van der Waals surface area contributed by atoms with Crippen LogP contribution in [0.15, 0.2) is 29.6 Å². The Balaban J connectivity index is 1.97. The second-order valence-electron chi connectivity index (χ2n) is 3.87. The van der Waals surface area contributed by atoms with E-state index in [0.717, 1.165) is 16.9 Å². The number of aryl methyl sites for hydroxylation is 1. The fraction of sp³-hybridized carbons (Fsp3) is 0.154. The van der Waals surface area contributed by atoms with Crippen molar-refractivity contribution in [2.24, 2.45) is 0 Å². The van der Waals surface area contributed by atoms with Crippen LogP contribution in [-0.4, -0.2) is 28.4 Å². The van der Waals surface area contributed by atoms with Crippen molar-refractivity contribution in [3.8, 4) is 5.75 Å². The van der Waals surface area contributed by atoms with E-state index in [0.29, 0.717) is 5.75 Å². The molecule has 0 aliphatic carbocycles. The Bertz CT molecular complexity index is 603. The van der Waals surface area contributed by atoms with Gasteiger partial charge in [0.2, 0.25) is 5.78 Å². The van der Waals surface area contributed by atoms with Gasteiger partial charge in [0.15, 0.2) is 17.3 Å². The first-order valence-electron chi connectivity index (χ1n) is 5.48. The molecular weight excluding hydrogens is 266 g/mol. The maximum Gasteiger partial charge on any atom is 0.355 e. The number of rotatable bonds is 5. The molecule has 6 heteroatoms. The van der Waals surface area contributed by atoms with Crippen LogP contribution in [-0.2, 0) is 0 Å². The van der Waals surface area contributed by atoms with Crippen LogP contribution in [0.4, 0.5) is 0 Å². The molecule has 2 aromatic rings. The number of carboxylic acids is 1. The van der Waals surface area contributed by atoms with Crippen LogP contribution in [0.5, 0.6) is 5.75 Å². The second-order valence-corrected chi connectivity index (χ2v) is 4.73. The largest absolute Gasteiger partial charge is 0.485 e. The molecule has 0 spiro atoms. The zero-order valence-electron chi connectivity index (χ0n) is 10.1. The summed E-state index contributed by atoms with van der Waals surface area (Å²) in [6.45, 7) is 1.80. The number of ether oxygens (including phenoxy) is 1. The standard InChI is InChI=1S/C13H11NO4S/c1-8-2-4-9(5-3-8)18-6-11(15)12-14-10(7-19-12)13(16)17/h2-5,7H,6H2,1H3,(H,16,17). The highest BCUT2D eigenvalue weighted by atomic mass is 32.1. The van der Waals surface area contributed by atoms with Gasteiger partial charge < -0.3 is 9.84 Å². The number of ketones is 1. The smallest absolute Gasteiger partial charge is 0.355 e. The highest BCUT2D eigenvalue weighted by molar-refractivity contribution is 7.12. The number of nitrogens with zero attached hydrogens (tertiary/aromatic N) is 1. The molecule has 2 rings (SSSR count). The summed E-state index contributed by atoms with van der Waals surface area (Å²) in [6.07, 6.45) is 0. The van der Waals surface area contributed by atoms with Crippen LogP contribution in [0.25, 0.3) is 0 Å². The van der Waals surface area contributed by atoms with Gasteiger partial charge in [-0.2, -0.15) is 0 Å². The van der Waals surface area contributed by atoms with Crippen LogP contribution >= 0.6 is 11.3 Å². The Morgan fingerprint density at radius 1 is 1.32 bits per heavy atom. The molecule has 1 heterocycles. The zero-order chi connectivity index (χ0) is 13.8. The van der Waals surface area contributed by atoms with Gasteiger partial charge in [-0.15, -0.1) is 11.3 Å². The van der Waals surface area contributed by atoms with Gasteiger partial charge in [0, 0.05) is 5.38 Å². The minimum Gasteiger partial charge on any atom is -0.485 e. The number of carboxylic acid groups (broad SMARTS) is 1. The molecule has 1 aromatic carbocycles. The number of Topliss-reactive ketones (excluding diaryl/α,β-unsaturated/α-hetero) is 1. The number of hydrogen-bond donors (Lipinski definition) is 1. The maximum atomic E-state index is 11.8.